The Bertz CT molecular complexity index is 364. The largest absolute Gasteiger partial charge is 2.00 e. The van der Waals surface area contributed by atoms with Crippen LogP contribution in [0.1, 0.15) is 51.4 Å². The Kier molecular flexibility index (Phi) is 30.4. The minimum absolute atomic E-state index is 0. The first kappa shape index (κ1) is 31.7. The van der Waals surface area contributed by atoms with Gasteiger partial charge in [0, 0.05) is 12.4 Å². The molecule has 0 radical (unpaired) electrons. The molecule has 0 heterocycles. The van der Waals surface area contributed by atoms with Crippen LogP contribution in [0, 0.1) is 0 Å². The van der Waals surface area contributed by atoms with Crippen molar-refractivity contribution in [3.8, 4) is 0 Å². The fraction of sp³-hybridized carbons (Fsp3) is 0.833. The normalized spacial score (nSPS) is 9.50. The molecule has 0 aliphatic heterocycles. The summed E-state index contributed by atoms with van der Waals surface area (Å²) in [4.78, 5) is 19.8. The van der Waals surface area contributed by atoms with E-state index in [0.717, 1.165) is 32.1 Å². The van der Waals surface area contributed by atoms with Crippen LogP contribution in [0.3, 0.4) is 0 Å². The standard InChI is InChI=1S/2C6H13NO2.Ca.H3NO3S/c2*7-5-3-1-2-4-6(8)9;;1-5(2,3)4/h2*1-5,7H2,(H,8,9);;(H3,1,2,3,4)/q;;+2;/p-2. The zero-order valence-electron chi connectivity index (χ0n) is 13.8. The van der Waals surface area contributed by atoms with Gasteiger partial charge < -0.3 is 31.0 Å². The molecule has 0 unspecified atom stereocenters. The van der Waals surface area contributed by atoms with Crippen molar-refractivity contribution in [1.29, 1.82) is 0 Å². The van der Waals surface area contributed by atoms with Gasteiger partial charge in [0.05, 0.1) is 0 Å². The number of hydrogen-bond donors (Lipinski definition) is 4. The molecule has 0 aromatic heterocycles. The number of carbonyl (C=O) groups excluding carboxylic acids is 1. The molecule has 0 saturated carbocycles. The molecule has 0 aromatic rings. The van der Waals surface area contributed by atoms with Crippen LogP contribution in [-0.2, 0) is 19.9 Å². The van der Waals surface area contributed by atoms with Gasteiger partial charge in [-0.05, 0) is 45.2 Å². The van der Waals surface area contributed by atoms with Crippen LogP contribution in [0.5, 0.6) is 0 Å². The predicted octanol–water partition coefficient (Wildman–Crippen LogP) is -2.13. The van der Waals surface area contributed by atoms with Gasteiger partial charge in [0.1, 0.15) is 0 Å². The third-order valence-corrected chi connectivity index (χ3v) is 2.18. The van der Waals surface area contributed by atoms with E-state index in [2.05, 4.69) is 5.14 Å². The fourth-order valence-corrected chi connectivity index (χ4v) is 1.19. The van der Waals surface area contributed by atoms with E-state index in [0.29, 0.717) is 19.5 Å². The summed E-state index contributed by atoms with van der Waals surface area (Å²) in [7, 11) is -4.42. The number of carboxylic acid groups (broad SMARTS) is 2. The van der Waals surface area contributed by atoms with Crippen molar-refractivity contribution >= 4 is 60.0 Å². The molecule has 0 aliphatic rings. The number of nitrogens with two attached hydrogens (primary N) is 3. The maximum absolute atomic E-state index is 9.93. The second-order valence-electron chi connectivity index (χ2n) is 4.46. The number of carboxylic acids is 2. The Labute approximate surface area is 173 Å². The van der Waals surface area contributed by atoms with Gasteiger partial charge in [-0.1, -0.05) is 12.8 Å². The van der Waals surface area contributed by atoms with Crippen molar-refractivity contribution in [3.63, 3.8) is 0 Å². The Hall–Kier alpha value is -0.0103. The van der Waals surface area contributed by atoms with Crippen LogP contribution in [0.2, 0.25) is 0 Å². The second-order valence-corrected chi connectivity index (χ2v) is 5.44. The number of rotatable bonds is 10. The first-order chi connectivity index (χ1) is 10.5. The van der Waals surface area contributed by atoms with Crippen molar-refractivity contribution in [2.24, 2.45) is 16.6 Å². The summed E-state index contributed by atoms with van der Waals surface area (Å²) < 4.78 is 26.6. The summed E-state index contributed by atoms with van der Waals surface area (Å²) >= 11 is 0. The van der Waals surface area contributed by atoms with E-state index in [1.54, 1.807) is 0 Å². The quantitative estimate of drug-likeness (QED) is 0.180. The zero-order chi connectivity index (χ0) is 18.7. The molecule has 0 aliphatic carbocycles. The Morgan fingerprint density at radius 3 is 1.46 bits per heavy atom. The van der Waals surface area contributed by atoms with Gasteiger partial charge >= 0.3 is 43.7 Å². The first-order valence-electron chi connectivity index (χ1n) is 7.10. The topological polar surface area (TPSA) is 213 Å². The van der Waals surface area contributed by atoms with Gasteiger partial charge in [-0.15, -0.1) is 0 Å². The molecule has 140 valence electrons. The van der Waals surface area contributed by atoms with Gasteiger partial charge in [0.25, 0.3) is 0 Å². The average molecular weight is 398 g/mol. The molecule has 0 saturated heterocycles. The summed E-state index contributed by atoms with van der Waals surface area (Å²) in [6.45, 7) is 1.31. The molecule has 0 aromatic carbocycles. The third-order valence-electron chi connectivity index (χ3n) is 2.18. The second kappa shape index (κ2) is 23.0. The average Bonchev–Trinajstić information content (AvgIpc) is 2.38. The number of aliphatic carboxylic acids is 2. The molecule has 24 heavy (non-hydrogen) atoms. The minimum Gasteiger partial charge on any atom is -0.736 e. The molecule has 12 heteroatoms. The van der Waals surface area contributed by atoms with Crippen LogP contribution < -0.4 is 21.7 Å². The minimum atomic E-state index is -4.42. The molecule has 0 spiro atoms. The number of carbonyl (C=O) groups is 2. The molecular weight excluding hydrogens is 370 g/mol. The SMILES string of the molecule is NCCCCCC(=O)O.NCCCCCC(=O)[O-].NS(=O)(=O)[O-].[Ca+2]. The van der Waals surface area contributed by atoms with Gasteiger partial charge in [-0.2, -0.15) is 0 Å². The van der Waals surface area contributed by atoms with E-state index >= 15 is 0 Å². The van der Waals surface area contributed by atoms with E-state index in [4.69, 9.17) is 29.5 Å². The van der Waals surface area contributed by atoms with E-state index in [1.807, 2.05) is 0 Å². The van der Waals surface area contributed by atoms with Crippen LogP contribution in [-0.4, -0.2) is 80.8 Å². The van der Waals surface area contributed by atoms with Gasteiger partial charge in [0.2, 0.25) is 0 Å². The van der Waals surface area contributed by atoms with Crippen molar-refractivity contribution < 1.29 is 32.8 Å². The van der Waals surface area contributed by atoms with Gasteiger partial charge in [-0.3, -0.25) is 4.79 Å². The Morgan fingerprint density at radius 2 is 1.21 bits per heavy atom. The van der Waals surface area contributed by atoms with Crippen LogP contribution in [0.4, 0.5) is 0 Å². The third kappa shape index (κ3) is 67.4. The molecule has 0 bridgehead atoms. The monoisotopic (exact) mass is 397 g/mol. The van der Waals surface area contributed by atoms with Crippen LogP contribution in [0.15, 0.2) is 0 Å². The molecule has 0 rings (SSSR count). The van der Waals surface area contributed by atoms with Gasteiger partial charge in [-0.25, -0.2) is 13.6 Å². The van der Waals surface area contributed by atoms with E-state index in [-0.39, 0.29) is 50.6 Å². The fourth-order valence-electron chi connectivity index (χ4n) is 1.19. The van der Waals surface area contributed by atoms with Crippen molar-refractivity contribution in [2.75, 3.05) is 13.1 Å². The van der Waals surface area contributed by atoms with E-state index in [9.17, 15) is 14.7 Å². The van der Waals surface area contributed by atoms with Crippen LogP contribution in [0.25, 0.3) is 0 Å². The van der Waals surface area contributed by atoms with Crippen LogP contribution >= 0.6 is 0 Å². The molecule has 0 amide bonds. The maximum atomic E-state index is 9.93. The van der Waals surface area contributed by atoms with Gasteiger partial charge in [0.15, 0.2) is 10.3 Å². The molecule has 7 N–H and O–H groups in total. The molecule has 0 atom stereocenters. The summed E-state index contributed by atoms with van der Waals surface area (Å²) in [5.41, 5.74) is 10.4. The maximum Gasteiger partial charge on any atom is 2.00 e. The summed E-state index contributed by atoms with van der Waals surface area (Å²) in [5.74, 6) is -1.68. The molecule has 10 nitrogen and oxygen atoms in total. The predicted molar refractivity (Wildman–Crippen MR) is 87.3 cm³/mol. The van der Waals surface area contributed by atoms with Crippen molar-refractivity contribution in [3.05, 3.63) is 0 Å². The first-order valence-corrected chi connectivity index (χ1v) is 8.57. The Balaban J connectivity index is -0.000000128. The smallest absolute Gasteiger partial charge is 0.736 e. The molecular formula is C12H27CaN3O7S. The number of hydrogen-bond acceptors (Lipinski definition) is 8. The van der Waals surface area contributed by atoms with Crippen molar-refractivity contribution in [1.82, 2.24) is 0 Å². The summed E-state index contributed by atoms with van der Waals surface area (Å²) in [6.07, 6.45) is 5.57. The summed E-state index contributed by atoms with van der Waals surface area (Å²) in [5, 5.41) is 21.8. The van der Waals surface area contributed by atoms with Crippen molar-refractivity contribution in [2.45, 2.75) is 51.4 Å². The molecule has 0 fully saturated rings. The van der Waals surface area contributed by atoms with E-state index < -0.39 is 22.2 Å². The Morgan fingerprint density at radius 1 is 0.875 bits per heavy atom. The number of unbranched alkanes of at least 4 members (excludes halogenated alkanes) is 4. The summed E-state index contributed by atoms with van der Waals surface area (Å²) in [6, 6.07) is 0. The zero-order valence-corrected chi connectivity index (χ0v) is 16.8. The van der Waals surface area contributed by atoms with E-state index in [1.165, 1.54) is 0 Å².